The zero-order valence-electron chi connectivity index (χ0n) is 8.77. The van der Waals surface area contributed by atoms with Gasteiger partial charge in [-0.15, -0.1) is 11.3 Å². The smallest absolute Gasteiger partial charge is 0.312 e. The monoisotopic (exact) mass is 315 g/mol. The molecule has 0 fully saturated rings. The van der Waals surface area contributed by atoms with E-state index in [1.165, 1.54) is 0 Å². The van der Waals surface area contributed by atoms with Gasteiger partial charge in [0.25, 0.3) is 0 Å². The van der Waals surface area contributed by atoms with Crippen LogP contribution in [-0.2, 0) is 0 Å². The second-order valence-electron chi connectivity index (χ2n) is 3.52. The number of hydrogen-bond donors (Lipinski definition) is 1. The number of nitrogens with one attached hydrogen (secondary N) is 1. The van der Waals surface area contributed by atoms with E-state index in [9.17, 15) is 13.2 Å². The molecule has 1 aromatic rings. The Morgan fingerprint density at radius 3 is 2.62 bits per heavy atom. The number of rotatable bonds is 5. The lowest BCUT2D eigenvalue weighted by Crippen LogP contribution is -2.16. The number of hydrogen-bond acceptors (Lipinski definition) is 2. The van der Waals surface area contributed by atoms with Gasteiger partial charge in [-0.1, -0.05) is 0 Å². The molecule has 0 aliphatic carbocycles. The minimum atomic E-state index is -4.05. The third-order valence-electron chi connectivity index (χ3n) is 2.23. The van der Waals surface area contributed by atoms with E-state index in [0.29, 0.717) is 6.42 Å². The van der Waals surface area contributed by atoms with Crippen LogP contribution in [0.4, 0.5) is 13.2 Å². The van der Waals surface area contributed by atoms with Gasteiger partial charge in [0, 0.05) is 27.2 Å². The van der Waals surface area contributed by atoms with Gasteiger partial charge in [-0.2, -0.15) is 13.2 Å². The largest absolute Gasteiger partial charge is 0.389 e. The van der Waals surface area contributed by atoms with Gasteiger partial charge in [-0.05, 0) is 41.9 Å². The van der Waals surface area contributed by atoms with E-state index in [1.807, 2.05) is 11.4 Å². The van der Waals surface area contributed by atoms with Crippen molar-refractivity contribution in [2.75, 3.05) is 7.05 Å². The first-order chi connectivity index (χ1) is 7.42. The van der Waals surface area contributed by atoms with Crippen LogP contribution < -0.4 is 5.32 Å². The van der Waals surface area contributed by atoms with E-state index in [4.69, 9.17) is 0 Å². The second kappa shape index (κ2) is 6.02. The molecule has 0 aliphatic rings. The Hall–Kier alpha value is -0.0700. The van der Waals surface area contributed by atoms with Gasteiger partial charge in [-0.3, -0.25) is 0 Å². The van der Waals surface area contributed by atoms with Gasteiger partial charge in [0.15, 0.2) is 0 Å². The zero-order chi connectivity index (χ0) is 12.2. The van der Waals surface area contributed by atoms with Crippen molar-refractivity contribution in [2.24, 2.45) is 0 Å². The van der Waals surface area contributed by atoms with Crippen LogP contribution >= 0.6 is 27.3 Å². The van der Waals surface area contributed by atoms with E-state index in [2.05, 4.69) is 21.2 Å². The number of halogens is 4. The predicted molar refractivity (Wildman–Crippen MR) is 63.7 cm³/mol. The lowest BCUT2D eigenvalue weighted by Gasteiger charge is -2.14. The first-order valence-electron chi connectivity index (χ1n) is 4.90. The molecule has 0 radical (unpaired) electrons. The average Bonchev–Trinajstić information content (AvgIpc) is 2.58. The molecule has 1 unspecified atom stereocenters. The molecule has 0 saturated heterocycles. The van der Waals surface area contributed by atoms with Crippen molar-refractivity contribution in [3.63, 3.8) is 0 Å². The lowest BCUT2D eigenvalue weighted by atomic mass is 10.1. The maximum atomic E-state index is 12.0. The molecule has 0 bridgehead atoms. The first kappa shape index (κ1) is 14.0. The summed E-state index contributed by atoms with van der Waals surface area (Å²) in [5, 5.41) is 4.97. The molecule has 1 rings (SSSR count). The fraction of sp³-hybridized carbons (Fsp3) is 0.600. The van der Waals surface area contributed by atoms with Crippen LogP contribution in [0, 0.1) is 0 Å². The summed E-state index contributed by atoms with van der Waals surface area (Å²) in [6.45, 7) is 0. The van der Waals surface area contributed by atoms with Crippen molar-refractivity contribution in [3.05, 3.63) is 20.8 Å². The third kappa shape index (κ3) is 4.84. The van der Waals surface area contributed by atoms with Crippen LogP contribution in [0.25, 0.3) is 0 Å². The van der Waals surface area contributed by atoms with Gasteiger partial charge >= 0.3 is 6.18 Å². The maximum absolute atomic E-state index is 12.0. The Bertz CT molecular complexity index is 324. The summed E-state index contributed by atoms with van der Waals surface area (Å²) >= 11 is 4.88. The van der Waals surface area contributed by atoms with Gasteiger partial charge < -0.3 is 5.32 Å². The minimum Gasteiger partial charge on any atom is -0.312 e. The summed E-state index contributed by atoms with van der Waals surface area (Å²) in [6, 6.07) is 1.96. The highest BCUT2D eigenvalue weighted by Gasteiger charge is 2.26. The molecule has 1 N–H and O–H groups in total. The van der Waals surface area contributed by atoms with Crippen LogP contribution in [-0.4, -0.2) is 13.2 Å². The molecule has 0 spiro atoms. The van der Waals surface area contributed by atoms with Crippen LogP contribution in [0.5, 0.6) is 0 Å². The molecule has 92 valence electrons. The average molecular weight is 316 g/mol. The summed E-state index contributed by atoms with van der Waals surface area (Å²) < 4.78 is 36.9. The SMILES string of the molecule is CNC(CCCC(F)(F)F)c1cc(Br)cs1. The quantitative estimate of drug-likeness (QED) is 0.843. The predicted octanol–water partition coefficient (Wildman–Crippen LogP) is 4.50. The summed E-state index contributed by atoms with van der Waals surface area (Å²) in [5.41, 5.74) is 0. The van der Waals surface area contributed by atoms with Gasteiger partial charge in [0.1, 0.15) is 0 Å². The van der Waals surface area contributed by atoms with E-state index >= 15 is 0 Å². The van der Waals surface area contributed by atoms with Crippen molar-refractivity contribution >= 4 is 27.3 Å². The van der Waals surface area contributed by atoms with Crippen molar-refractivity contribution in [1.29, 1.82) is 0 Å². The van der Waals surface area contributed by atoms with Crippen LogP contribution in [0.1, 0.15) is 30.2 Å². The van der Waals surface area contributed by atoms with E-state index in [-0.39, 0.29) is 12.5 Å². The highest BCUT2D eigenvalue weighted by molar-refractivity contribution is 9.10. The molecule has 1 heterocycles. The second-order valence-corrected chi connectivity index (χ2v) is 5.37. The van der Waals surface area contributed by atoms with Crippen LogP contribution in [0.15, 0.2) is 15.9 Å². The fourth-order valence-corrected chi connectivity index (χ4v) is 3.04. The molecule has 0 saturated carbocycles. The van der Waals surface area contributed by atoms with Crippen molar-refractivity contribution in [2.45, 2.75) is 31.5 Å². The first-order valence-corrected chi connectivity index (χ1v) is 6.57. The summed E-state index contributed by atoms with van der Waals surface area (Å²) in [6.07, 6.45) is -4.10. The Morgan fingerprint density at radius 1 is 1.50 bits per heavy atom. The minimum absolute atomic E-state index is 0.0126. The standard InChI is InChI=1S/C10H13BrF3NS/c1-15-8(3-2-4-10(12,13)14)9-5-7(11)6-16-9/h5-6,8,15H,2-4H2,1H3. The van der Waals surface area contributed by atoms with Crippen LogP contribution in [0.2, 0.25) is 0 Å². The molecule has 0 aliphatic heterocycles. The van der Waals surface area contributed by atoms with E-state index in [0.717, 1.165) is 9.35 Å². The number of alkyl halides is 3. The van der Waals surface area contributed by atoms with Crippen LogP contribution in [0.3, 0.4) is 0 Å². The number of thiophene rings is 1. The zero-order valence-corrected chi connectivity index (χ0v) is 11.2. The summed E-state index contributed by atoms with van der Waals surface area (Å²) in [4.78, 5) is 1.07. The molecular formula is C10H13BrF3NS. The summed E-state index contributed by atoms with van der Waals surface area (Å²) in [7, 11) is 1.77. The summed E-state index contributed by atoms with van der Waals surface area (Å²) in [5.74, 6) is 0. The Kier molecular flexibility index (Phi) is 5.27. The van der Waals surface area contributed by atoms with Crippen molar-refractivity contribution in [3.8, 4) is 0 Å². The highest BCUT2D eigenvalue weighted by atomic mass is 79.9. The Balaban J connectivity index is 2.44. The molecule has 1 atom stereocenters. The molecule has 0 amide bonds. The lowest BCUT2D eigenvalue weighted by molar-refractivity contribution is -0.135. The topological polar surface area (TPSA) is 12.0 Å². The van der Waals surface area contributed by atoms with Gasteiger partial charge in [0.05, 0.1) is 0 Å². The van der Waals surface area contributed by atoms with Gasteiger partial charge in [0.2, 0.25) is 0 Å². The fourth-order valence-electron chi connectivity index (χ4n) is 1.45. The molecule has 6 heteroatoms. The molecule has 0 aromatic carbocycles. The van der Waals surface area contributed by atoms with E-state index < -0.39 is 12.6 Å². The molecule has 1 nitrogen and oxygen atoms in total. The Labute approximate surface area is 105 Å². The van der Waals surface area contributed by atoms with Crippen molar-refractivity contribution in [1.82, 2.24) is 5.32 Å². The molecular weight excluding hydrogens is 303 g/mol. The molecule has 16 heavy (non-hydrogen) atoms. The highest BCUT2D eigenvalue weighted by Crippen LogP contribution is 2.30. The van der Waals surface area contributed by atoms with E-state index in [1.54, 1.807) is 18.4 Å². The van der Waals surface area contributed by atoms with Gasteiger partial charge in [-0.25, -0.2) is 0 Å². The molecule has 1 aromatic heterocycles. The Morgan fingerprint density at radius 2 is 2.19 bits per heavy atom. The third-order valence-corrected chi connectivity index (χ3v) is 4.04. The normalized spacial score (nSPS) is 14.1. The van der Waals surface area contributed by atoms with Crippen molar-refractivity contribution < 1.29 is 13.2 Å². The maximum Gasteiger partial charge on any atom is 0.389 e.